The number of hydrogen-bond acceptors (Lipinski definition) is 2. The number of carbonyl (C=O) groups is 1. The predicted octanol–water partition coefficient (Wildman–Crippen LogP) is 6.41. The molecule has 29 heavy (non-hydrogen) atoms. The summed E-state index contributed by atoms with van der Waals surface area (Å²) in [6, 6.07) is 29.3. The summed E-state index contributed by atoms with van der Waals surface area (Å²) in [7, 11) is 0. The van der Waals surface area contributed by atoms with Crippen molar-refractivity contribution in [3.05, 3.63) is 96.1 Å². The van der Waals surface area contributed by atoms with Crippen molar-refractivity contribution in [3.63, 3.8) is 0 Å². The first-order valence-electron chi connectivity index (χ1n) is 10.4. The Labute approximate surface area is 173 Å². The molecular formula is C27H28O2. The standard InChI is InChI=1S/C27H28O2/c1-20-27(2,18-17-21-9-5-3-6-10-21)19-25(26(28)29-20)24-15-13-23(14-16-24)22-11-7-4-8-12-22/h3-16,20,25H,17-19H2,1-2H3. The summed E-state index contributed by atoms with van der Waals surface area (Å²) in [5, 5.41) is 0. The summed E-state index contributed by atoms with van der Waals surface area (Å²) in [6.45, 7) is 4.30. The molecule has 1 aliphatic rings. The first-order chi connectivity index (χ1) is 14.0. The lowest BCUT2D eigenvalue weighted by Gasteiger charge is -2.42. The van der Waals surface area contributed by atoms with Gasteiger partial charge in [0.1, 0.15) is 6.10 Å². The molecule has 3 unspecified atom stereocenters. The number of cyclic esters (lactones) is 1. The average Bonchev–Trinajstić information content (AvgIpc) is 2.77. The second-order valence-corrected chi connectivity index (χ2v) is 8.46. The van der Waals surface area contributed by atoms with Crippen LogP contribution < -0.4 is 0 Å². The van der Waals surface area contributed by atoms with Crippen molar-refractivity contribution in [2.75, 3.05) is 0 Å². The van der Waals surface area contributed by atoms with Crippen LogP contribution in [0.2, 0.25) is 0 Å². The largest absolute Gasteiger partial charge is 0.462 e. The number of benzene rings is 3. The molecule has 3 aromatic carbocycles. The Morgan fingerprint density at radius 3 is 2.10 bits per heavy atom. The molecule has 0 N–H and O–H groups in total. The molecule has 3 aromatic rings. The van der Waals surface area contributed by atoms with Gasteiger partial charge in [0, 0.05) is 5.41 Å². The van der Waals surface area contributed by atoms with Crippen molar-refractivity contribution in [2.24, 2.45) is 5.41 Å². The van der Waals surface area contributed by atoms with E-state index >= 15 is 0 Å². The normalized spacial score (nSPS) is 24.1. The summed E-state index contributed by atoms with van der Waals surface area (Å²) in [6.07, 6.45) is 2.76. The SMILES string of the molecule is CC1OC(=O)C(c2ccc(-c3ccccc3)cc2)CC1(C)CCc1ccccc1. The van der Waals surface area contributed by atoms with Crippen LogP contribution in [0.5, 0.6) is 0 Å². The first kappa shape index (κ1) is 19.4. The summed E-state index contributed by atoms with van der Waals surface area (Å²) < 4.78 is 5.83. The Morgan fingerprint density at radius 2 is 1.45 bits per heavy atom. The van der Waals surface area contributed by atoms with Crippen LogP contribution in [-0.2, 0) is 16.0 Å². The van der Waals surface area contributed by atoms with Crippen molar-refractivity contribution in [1.29, 1.82) is 0 Å². The van der Waals surface area contributed by atoms with E-state index in [-0.39, 0.29) is 23.4 Å². The van der Waals surface area contributed by atoms with Gasteiger partial charge in [0.05, 0.1) is 5.92 Å². The molecule has 3 atom stereocenters. The van der Waals surface area contributed by atoms with Crippen LogP contribution >= 0.6 is 0 Å². The van der Waals surface area contributed by atoms with Crippen molar-refractivity contribution >= 4 is 5.97 Å². The Balaban J connectivity index is 1.51. The average molecular weight is 385 g/mol. The van der Waals surface area contributed by atoms with Gasteiger partial charge in [-0.05, 0) is 48.4 Å². The van der Waals surface area contributed by atoms with Gasteiger partial charge in [-0.1, -0.05) is 91.9 Å². The number of rotatable bonds is 5. The summed E-state index contributed by atoms with van der Waals surface area (Å²) >= 11 is 0. The van der Waals surface area contributed by atoms with E-state index in [9.17, 15) is 4.79 Å². The van der Waals surface area contributed by atoms with E-state index in [0.717, 1.165) is 24.8 Å². The van der Waals surface area contributed by atoms with Crippen molar-refractivity contribution < 1.29 is 9.53 Å². The lowest BCUT2D eigenvalue weighted by Crippen LogP contribution is -2.43. The van der Waals surface area contributed by atoms with Gasteiger partial charge in [-0.25, -0.2) is 0 Å². The van der Waals surface area contributed by atoms with E-state index in [1.54, 1.807) is 0 Å². The maximum absolute atomic E-state index is 12.7. The van der Waals surface area contributed by atoms with Crippen LogP contribution in [0.3, 0.4) is 0 Å². The fourth-order valence-corrected chi connectivity index (χ4v) is 4.29. The summed E-state index contributed by atoms with van der Waals surface area (Å²) in [5.41, 5.74) is 4.70. The maximum Gasteiger partial charge on any atom is 0.313 e. The molecule has 0 amide bonds. The van der Waals surface area contributed by atoms with Crippen LogP contribution in [-0.4, -0.2) is 12.1 Å². The van der Waals surface area contributed by atoms with Gasteiger partial charge in [0.2, 0.25) is 0 Å². The molecule has 1 heterocycles. The molecule has 4 rings (SSSR count). The van der Waals surface area contributed by atoms with E-state index in [0.29, 0.717) is 0 Å². The Morgan fingerprint density at radius 1 is 0.862 bits per heavy atom. The summed E-state index contributed by atoms with van der Waals surface area (Å²) in [5.74, 6) is -0.293. The van der Waals surface area contributed by atoms with Crippen LogP contribution in [0.1, 0.15) is 43.7 Å². The molecule has 1 fully saturated rings. The number of aryl methyl sites for hydroxylation is 1. The Kier molecular flexibility index (Phi) is 5.53. The zero-order valence-electron chi connectivity index (χ0n) is 17.2. The van der Waals surface area contributed by atoms with Gasteiger partial charge < -0.3 is 4.74 Å². The monoisotopic (exact) mass is 384 g/mol. The minimum atomic E-state index is -0.197. The highest BCUT2D eigenvalue weighted by Crippen LogP contribution is 2.44. The van der Waals surface area contributed by atoms with Crippen LogP contribution in [0, 0.1) is 5.41 Å². The number of hydrogen-bond donors (Lipinski definition) is 0. The van der Waals surface area contributed by atoms with Gasteiger partial charge in [-0.15, -0.1) is 0 Å². The van der Waals surface area contributed by atoms with E-state index in [1.807, 2.05) is 31.2 Å². The molecule has 1 saturated heterocycles. The van der Waals surface area contributed by atoms with E-state index in [2.05, 4.69) is 67.6 Å². The molecule has 2 heteroatoms. The van der Waals surface area contributed by atoms with Gasteiger partial charge in [0.15, 0.2) is 0 Å². The fraction of sp³-hybridized carbons (Fsp3) is 0.296. The molecule has 148 valence electrons. The molecule has 0 saturated carbocycles. The Bertz CT molecular complexity index is 947. The van der Waals surface area contributed by atoms with Crippen LogP contribution in [0.25, 0.3) is 11.1 Å². The Hall–Kier alpha value is -2.87. The quantitative estimate of drug-likeness (QED) is 0.475. The number of esters is 1. The molecule has 0 spiro atoms. The van der Waals surface area contributed by atoms with Gasteiger partial charge >= 0.3 is 5.97 Å². The molecule has 0 radical (unpaired) electrons. The second kappa shape index (κ2) is 8.24. The maximum atomic E-state index is 12.7. The highest BCUT2D eigenvalue weighted by molar-refractivity contribution is 5.79. The molecule has 1 aliphatic heterocycles. The third kappa shape index (κ3) is 4.27. The smallest absolute Gasteiger partial charge is 0.313 e. The minimum absolute atomic E-state index is 0.0352. The van der Waals surface area contributed by atoms with Crippen molar-refractivity contribution in [2.45, 2.75) is 45.1 Å². The molecule has 0 bridgehead atoms. The lowest BCUT2D eigenvalue weighted by atomic mass is 9.70. The van der Waals surface area contributed by atoms with E-state index in [4.69, 9.17) is 4.74 Å². The molecule has 0 aliphatic carbocycles. The van der Waals surface area contributed by atoms with Crippen molar-refractivity contribution in [1.82, 2.24) is 0 Å². The third-order valence-corrected chi connectivity index (χ3v) is 6.48. The van der Waals surface area contributed by atoms with E-state index in [1.165, 1.54) is 16.7 Å². The number of carbonyl (C=O) groups excluding carboxylic acids is 1. The fourth-order valence-electron chi connectivity index (χ4n) is 4.29. The highest BCUT2D eigenvalue weighted by Gasteiger charge is 2.44. The van der Waals surface area contributed by atoms with Gasteiger partial charge in [-0.3, -0.25) is 4.79 Å². The first-order valence-corrected chi connectivity index (χ1v) is 10.4. The third-order valence-electron chi connectivity index (χ3n) is 6.48. The lowest BCUT2D eigenvalue weighted by molar-refractivity contribution is -0.167. The zero-order chi connectivity index (χ0) is 20.3. The zero-order valence-corrected chi connectivity index (χ0v) is 17.2. The van der Waals surface area contributed by atoms with E-state index < -0.39 is 0 Å². The van der Waals surface area contributed by atoms with Gasteiger partial charge in [-0.2, -0.15) is 0 Å². The van der Waals surface area contributed by atoms with Crippen LogP contribution in [0.15, 0.2) is 84.9 Å². The topological polar surface area (TPSA) is 26.3 Å². The molecule has 0 aromatic heterocycles. The molecule has 2 nitrogen and oxygen atoms in total. The second-order valence-electron chi connectivity index (χ2n) is 8.46. The predicted molar refractivity (Wildman–Crippen MR) is 118 cm³/mol. The molecular weight excluding hydrogens is 356 g/mol. The minimum Gasteiger partial charge on any atom is -0.462 e. The van der Waals surface area contributed by atoms with Crippen molar-refractivity contribution in [3.8, 4) is 11.1 Å². The highest BCUT2D eigenvalue weighted by atomic mass is 16.5. The number of ether oxygens (including phenoxy) is 1. The van der Waals surface area contributed by atoms with Gasteiger partial charge in [0.25, 0.3) is 0 Å². The van der Waals surface area contributed by atoms with Crippen LogP contribution in [0.4, 0.5) is 0 Å². The summed E-state index contributed by atoms with van der Waals surface area (Å²) in [4.78, 5) is 12.7.